The first-order valence-corrected chi connectivity index (χ1v) is 7.80. The van der Waals surface area contributed by atoms with Gasteiger partial charge in [-0.05, 0) is 20.0 Å². The maximum atomic E-state index is 10.2. The monoisotopic (exact) mass is 305 g/mol. The van der Waals surface area contributed by atoms with E-state index in [0.29, 0.717) is 26.4 Å². The average molecular weight is 305 g/mol. The standard InChI is InChI=1S/C15H31NO5/c1-3-4-5-7-16(2)8-10-20-12-14-21-13-11-19-9-6-15(17)18/h3-14H2,1-2H3,(H,17,18). The maximum absolute atomic E-state index is 10.2. The van der Waals surface area contributed by atoms with Gasteiger partial charge < -0.3 is 24.2 Å². The van der Waals surface area contributed by atoms with Gasteiger partial charge in [0.05, 0.1) is 46.1 Å². The lowest BCUT2D eigenvalue weighted by Crippen LogP contribution is -2.25. The molecule has 6 nitrogen and oxygen atoms in total. The molecule has 0 atom stereocenters. The summed E-state index contributed by atoms with van der Waals surface area (Å²) in [6.07, 6.45) is 3.82. The van der Waals surface area contributed by atoms with Crippen molar-refractivity contribution in [1.82, 2.24) is 4.90 Å². The van der Waals surface area contributed by atoms with Crippen LogP contribution in [0.1, 0.15) is 32.6 Å². The topological polar surface area (TPSA) is 68.2 Å². The molecule has 0 bridgehead atoms. The van der Waals surface area contributed by atoms with Crippen molar-refractivity contribution >= 4 is 5.97 Å². The van der Waals surface area contributed by atoms with Crippen molar-refractivity contribution in [3.8, 4) is 0 Å². The summed E-state index contributed by atoms with van der Waals surface area (Å²) >= 11 is 0. The lowest BCUT2D eigenvalue weighted by atomic mass is 10.2. The third-order valence-electron chi connectivity index (χ3n) is 2.97. The van der Waals surface area contributed by atoms with E-state index in [1.54, 1.807) is 0 Å². The van der Waals surface area contributed by atoms with E-state index in [0.717, 1.165) is 19.7 Å². The van der Waals surface area contributed by atoms with Gasteiger partial charge >= 0.3 is 5.97 Å². The molecule has 126 valence electrons. The molecule has 0 amide bonds. The highest BCUT2D eigenvalue weighted by atomic mass is 16.5. The van der Waals surface area contributed by atoms with Crippen molar-refractivity contribution in [1.29, 1.82) is 0 Å². The third kappa shape index (κ3) is 17.3. The molecule has 0 aromatic heterocycles. The molecule has 0 aromatic rings. The Hall–Kier alpha value is -0.690. The number of likely N-dealkylation sites (N-methyl/N-ethyl adjacent to an activating group) is 1. The molecule has 0 rings (SSSR count). The van der Waals surface area contributed by atoms with Crippen LogP contribution in [0, 0.1) is 0 Å². The van der Waals surface area contributed by atoms with E-state index >= 15 is 0 Å². The second-order valence-corrected chi connectivity index (χ2v) is 4.99. The summed E-state index contributed by atoms with van der Waals surface area (Å²) in [5.41, 5.74) is 0. The summed E-state index contributed by atoms with van der Waals surface area (Å²) in [6.45, 7) is 7.26. The molecule has 0 saturated heterocycles. The predicted octanol–water partition coefficient (Wildman–Crippen LogP) is 1.63. The van der Waals surface area contributed by atoms with E-state index in [1.807, 2.05) is 0 Å². The highest BCUT2D eigenvalue weighted by molar-refractivity contribution is 5.66. The molecular weight excluding hydrogens is 274 g/mol. The highest BCUT2D eigenvalue weighted by Gasteiger charge is 1.98. The normalized spacial score (nSPS) is 11.2. The SMILES string of the molecule is CCCCCN(C)CCOCCOCCOCCC(=O)O. The van der Waals surface area contributed by atoms with Crippen molar-refractivity contribution in [2.45, 2.75) is 32.6 Å². The van der Waals surface area contributed by atoms with Crippen LogP contribution in [0.4, 0.5) is 0 Å². The van der Waals surface area contributed by atoms with E-state index in [1.165, 1.54) is 19.3 Å². The van der Waals surface area contributed by atoms with Gasteiger partial charge in [0, 0.05) is 6.54 Å². The second kappa shape index (κ2) is 15.7. The lowest BCUT2D eigenvalue weighted by Gasteiger charge is -2.16. The number of rotatable bonds is 16. The van der Waals surface area contributed by atoms with Gasteiger partial charge in [-0.2, -0.15) is 0 Å². The third-order valence-corrected chi connectivity index (χ3v) is 2.97. The van der Waals surface area contributed by atoms with Crippen molar-refractivity contribution in [3.63, 3.8) is 0 Å². The molecular formula is C15H31NO5. The lowest BCUT2D eigenvalue weighted by molar-refractivity contribution is -0.138. The van der Waals surface area contributed by atoms with Crippen LogP contribution in [0.2, 0.25) is 0 Å². The molecule has 1 N–H and O–H groups in total. The van der Waals surface area contributed by atoms with Crippen molar-refractivity contribution in [2.75, 3.05) is 59.8 Å². The fraction of sp³-hybridized carbons (Fsp3) is 0.933. The van der Waals surface area contributed by atoms with Crippen molar-refractivity contribution in [2.24, 2.45) is 0 Å². The quantitative estimate of drug-likeness (QED) is 0.437. The van der Waals surface area contributed by atoms with Crippen LogP contribution >= 0.6 is 0 Å². The highest BCUT2D eigenvalue weighted by Crippen LogP contribution is 1.96. The molecule has 0 aliphatic heterocycles. The Morgan fingerprint density at radius 2 is 1.48 bits per heavy atom. The predicted molar refractivity (Wildman–Crippen MR) is 81.7 cm³/mol. The minimum atomic E-state index is -0.844. The van der Waals surface area contributed by atoms with Gasteiger partial charge in [0.15, 0.2) is 0 Å². The number of aliphatic carboxylic acids is 1. The summed E-state index contributed by atoms with van der Waals surface area (Å²) in [4.78, 5) is 12.5. The molecule has 0 radical (unpaired) electrons. The van der Waals surface area contributed by atoms with Crippen LogP contribution < -0.4 is 0 Å². The summed E-state index contributed by atoms with van der Waals surface area (Å²) in [7, 11) is 2.12. The first kappa shape index (κ1) is 20.3. The van der Waals surface area contributed by atoms with Gasteiger partial charge in [0.25, 0.3) is 0 Å². The van der Waals surface area contributed by atoms with Gasteiger partial charge in [-0.3, -0.25) is 4.79 Å². The zero-order valence-electron chi connectivity index (χ0n) is 13.5. The van der Waals surface area contributed by atoms with Gasteiger partial charge in [-0.25, -0.2) is 0 Å². The Labute approximate surface area is 128 Å². The fourth-order valence-corrected chi connectivity index (χ4v) is 1.67. The zero-order valence-corrected chi connectivity index (χ0v) is 13.5. The van der Waals surface area contributed by atoms with Crippen LogP contribution in [0.5, 0.6) is 0 Å². The van der Waals surface area contributed by atoms with Gasteiger partial charge in [-0.15, -0.1) is 0 Å². The molecule has 0 unspecified atom stereocenters. The Morgan fingerprint density at radius 3 is 2.05 bits per heavy atom. The molecule has 0 saturated carbocycles. The summed E-state index contributed by atoms with van der Waals surface area (Å²) < 4.78 is 15.9. The first-order chi connectivity index (χ1) is 10.2. The Kier molecular flexibility index (Phi) is 15.2. The van der Waals surface area contributed by atoms with Gasteiger partial charge in [-0.1, -0.05) is 19.8 Å². The Bertz CT molecular complexity index is 238. The van der Waals surface area contributed by atoms with E-state index < -0.39 is 5.97 Å². The van der Waals surface area contributed by atoms with Crippen LogP contribution in [-0.2, 0) is 19.0 Å². The van der Waals surface area contributed by atoms with Gasteiger partial charge in [0.1, 0.15) is 0 Å². The van der Waals surface area contributed by atoms with E-state index in [-0.39, 0.29) is 13.0 Å². The number of nitrogens with zero attached hydrogens (tertiary/aromatic N) is 1. The number of carboxylic acids is 1. The Morgan fingerprint density at radius 1 is 0.905 bits per heavy atom. The van der Waals surface area contributed by atoms with E-state index in [4.69, 9.17) is 19.3 Å². The second-order valence-electron chi connectivity index (χ2n) is 4.99. The van der Waals surface area contributed by atoms with E-state index in [2.05, 4.69) is 18.9 Å². The molecule has 0 heterocycles. The largest absolute Gasteiger partial charge is 0.481 e. The van der Waals surface area contributed by atoms with Crippen LogP contribution in [0.25, 0.3) is 0 Å². The van der Waals surface area contributed by atoms with Crippen LogP contribution in [0.3, 0.4) is 0 Å². The number of hydrogen-bond acceptors (Lipinski definition) is 5. The molecule has 21 heavy (non-hydrogen) atoms. The van der Waals surface area contributed by atoms with Crippen LogP contribution in [-0.4, -0.2) is 75.8 Å². The van der Waals surface area contributed by atoms with Crippen molar-refractivity contribution < 1.29 is 24.1 Å². The summed E-state index contributed by atoms with van der Waals surface area (Å²) in [5, 5.41) is 8.40. The van der Waals surface area contributed by atoms with Gasteiger partial charge in [0.2, 0.25) is 0 Å². The minimum Gasteiger partial charge on any atom is -0.481 e. The first-order valence-electron chi connectivity index (χ1n) is 7.80. The number of unbranched alkanes of at least 4 members (excludes halogenated alkanes) is 2. The average Bonchev–Trinajstić information content (AvgIpc) is 2.44. The number of ether oxygens (including phenoxy) is 3. The molecule has 0 spiro atoms. The van der Waals surface area contributed by atoms with Crippen LogP contribution in [0.15, 0.2) is 0 Å². The molecule has 0 aromatic carbocycles. The van der Waals surface area contributed by atoms with E-state index in [9.17, 15) is 4.79 Å². The number of hydrogen-bond donors (Lipinski definition) is 1. The summed E-state index contributed by atoms with van der Waals surface area (Å²) in [5.74, 6) is -0.844. The molecule has 6 heteroatoms. The number of carboxylic acid groups (broad SMARTS) is 1. The maximum Gasteiger partial charge on any atom is 0.305 e. The molecule has 0 aliphatic rings. The smallest absolute Gasteiger partial charge is 0.305 e. The minimum absolute atomic E-state index is 0.0366. The number of carbonyl (C=O) groups is 1. The molecule has 0 fully saturated rings. The summed E-state index contributed by atoms with van der Waals surface area (Å²) in [6, 6.07) is 0. The fourth-order valence-electron chi connectivity index (χ4n) is 1.67. The Balaban J connectivity index is 3.10. The van der Waals surface area contributed by atoms with Crippen molar-refractivity contribution in [3.05, 3.63) is 0 Å². The molecule has 0 aliphatic carbocycles. The zero-order chi connectivity index (χ0) is 15.8.